The van der Waals surface area contributed by atoms with Gasteiger partial charge >= 0.3 is 6.09 Å². The van der Waals surface area contributed by atoms with Crippen LogP contribution in [0, 0.1) is 0 Å². The molecule has 0 spiro atoms. The van der Waals surface area contributed by atoms with Crippen LogP contribution < -0.4 is 0 Å². The average molecular weight is 381 g/mol. The molecular weight excluding hydrogens is 362 g/mol. The highest BCUT2D eigenvalue weighted by atomic mass is 79.9. The zero-order valence-corrected chi connectivity index (χ0v) is 15.3. The largest absolute Gasteiger partial charge is 0.444 e. The van der Waals surface area contributed by atoms with Crippen LogP contribution in [0.25, 0.3) is 0 Å². The van der Waals surface area contributed by atoms with E-state index in [4.69, 9.17) is 16.3 Å². The van der Waals surface area contributed by atoms with Gasteiger partial charge in [-0.1, -0.05) is 11.6 Å². The number of thiophene rings is 1. The van der Waals surface area contributed by atoms with Gasteiger partial charge in [0.15, 0.2) is 0 Å². The summed E-state index contributed by atoms with van der Waals surface area (Å²) in [6.07, 6.45) is 1.80. The molecule has 0 aromatic carbocycles. The summed E-state index contributed by atoms with van der Waals surface area (Å²) in [5.41, 5.74) is 0.744. The van der Waals surface area contributed by atoms with E-state index in [9.17, 15) is 4.79 Å². The van der Waals surface area contributed by atoms with Gasteiger partial charge in [-0.05, 0) is 55.1 Å². The van der Waals surface area contributed by atoms with Crippen molar-refractivity contribution in [3.63, 3.8) is 0 Å². The molecule has 2 rings (SSSR count). The number of rotatable bonds is 2. The Morgan fingerprint density at radius 1 is 1.55 bits per heavy atom. The molecule has 0 N–H and O–H groups in total. The minimum absolute atomic E-state index is 0.281. The Balaban J connectivity index is 2.04. The maximum absolute atomic E-state index is 12.0. The molecular formula is C14H19BrClNO2S. The highest BCUT2D eigenvalue weighted by Crippen LogP contribution is 2.47. The Morgan fingerprint density at radius 3 is 2.80 bits per heavy atom. The molecule has 1 atom stereocenters. The average Bonchev–Trinajstić information content (AvgIpc) is 2.80. The van der Waals surface area contributed by atoms with E-state index in [1.165, 1.54) is 10.4 Å². The predicted molar refractivity (Wildman–Crippen MR) is 87.0 cm³/mol. The van der Waals surface area contributed by atoms with Gasteiger partial charge in [0, 0.05) is 24.4 Å². The maximum Gasteiger partial charge on any atom is 0.410 e. The van der Waals surface area contributed by atoms with E-state index in [1.54, 1.807) is 23.3 Å². The number of amides is 1. The molecule has 0 fully saturated rings. The lowest BCUT2D eigenvalue weighted by Gasteiger charge is -2.26. The first-order valence-electron chi connectivity index (χ1n) is 6.59. The predicted octanol–water partition coefficient (Wildman–Crippen LogP) is 5.06. The lowest BCUT2D eigenvalue weighted by Crippen LogP contribution is -2.36. The highest BCUT2D eigenvalue weighted by Gasteiger charge is 2.31. The van der Waals surface area contributed by atoms with Gasteiger partial charge in [-0.3, -0.25) is 0 Å². The summed E-state index contributed by atoms with van der Waals surface area (Å²) in [5.74, 6) is 0.303. The molecule has 112 valence electrons. The number of nitrogens with zero attached hydrogens (tertiary/aromatic N) is 1. The molecule has 20 heavy (non-hydrogen) atoms. The van der Waals surface area contributed by atoms with E-state index in [2.05, 4.69) is 15.9 Å². The molecule has 0 aliphatic heterocycles. The monoisotopic (exact) mass is 379 g/mol. The van der Waals surface area contributed by atoms with Gasteiger partial charge in [-0.15, -0.1) is 11.3 Å². The summed E-state index contributed by atoms with van der Waals surface area (Å²) in [7, 11) is 1.78. The highest BCUT2D eigenvalue weighted by molar-refractivity contribution is 9.11. The van der Waals surface area contributed by atoms with Gasteiger partial charge in [-0.25, -0.2) is 4.79 Å². The summed E-state index contributed by atoms with van der Waals surface area (Å²) < 4.78 is 6.37. The number of carbonyl (C=O) groups is 1. The van der Waals surface area contributed by atoms with Gasteiger partial charge < -0.3 is 9.64 Å². The van der Waals surface area contributed by atoms with Crippen molar-refractivity contribution in [2.24, 2.45) is 0 Å². The van der Waals surface area contributed by atoms with Crippen molar-refractivity contribution < 1.29 is 9.53 Å². The number of fused-ring (bicyclic) bond motifs is 1. The van der Waals surface area contributed by atoms with Gasteiger partial charge in [0.25, 0.3) is 0 Å². The third kappa shape index (κ3) is 3.49. The molecule has 0 bridgehead atoms. The molecule has 6 heteroatoms. The normalized spacial score (nSPS) is 18.0. The van der Waals surface area contributed by atoms with E-state index < -0.39 is 5.60 Å². The van der Waals surface area contributed by atoms with Crippen LogP contribution in [-0.2, 0) is 11.2 Å². The minimum Gasteiger partial charge on any atom is -0.444 e. The van der Waals surface area contributed by atoms with Gasteiger partial charge in [0.2, 0.25) is 0 Å². The fourth-order valence-corrected chi connectivity index (χ4v) is 4.66. The summed E-state index contributed by atoms with van der Waals surface area (Å²) in [6, 6.07) is 0. The van der Waals surface area contributed by atoms with Crippen molar-refractivity contribution >= 4 is 45.0 Å². The number of hydrogen-bond acceptors (Lipinski definition) is 3. The van der Waals surface area contributed by atoms with Crippen LogP contribution in [0.15, 0.2) is 3.79 Å². The second kappa shape index (κ2) is 5.85. The third-order valence-electron chi connectivity index (χ3n) is 3.25. The van der Waals surface area contributed by atoms with Crippen LogP contribution in [0.3, 0.4) is 0 Å². The Morgan fingerprint density at radius 2 is 2.20 bits per heavy atom. The first-order chi connectivity index (χ1) is 9.19. The number of hydrogen-bond donors (Lipinski definition) is 0. The zero-order chi connectivity index (χ0) is 15.1. The summed E-state index contributed by atoms with van der Waals surface area (Å²) in [5, 5.41) is 0.810. The molecule has 0 saturated carbocycles. The molecule has 0 saturated heterocycles. The van der Waals surface area contributed by atoms with Crippen LogP contribution >= 0.6 is 38.9 Å². The van der Waals surface area contributed by atoms with Gasteiger partial charge in [0.1, 0.15) is 5.60 Å². The zero-order valence-electron chi connectivity index (χ0n) is 12.1. The molecule has 1 heterocycles. The fourth-order valence-electron chi connectivity index (χ4n) is 2.41. The number of likely N-dealkylation sites (N-methyl/N-ethyl adjacent to an activating group) is 1. The van der Waals surface area contributed by atoms with Crippen molar-refractivity contribution in [2.45, 2.75) is 45.1 Å². The standard InChI is InChI=1S/C14H19BrClNO2S/c1-14(2,3)19-13(18)17(4)7-8-5-6-9-10(8)11(16)12(15)20-9/h8H,5-7H2,1-4H3/t8-/m1/s1. The lowest BCUT2D eigenvalue weighted by molar-refractivity contribution is 0.0288. The first kappa shape index (κ1) is 16.1. The summed E-state index contributed by atoms with van der Waals surface area (Å²) in [4.78, 5) is 15.0. The first-order valence-corrected chi connectivity index (χ1v) is 8.58. The van der Waals surface area contributed by atoms with Crippen molar-refractivity contribution in [3.8, 4) is 0 Å². The molecule has 0 unspecified atom stereocenters. The second-order valence-corrected chi connectivity index (χ2v) is 8.92. The van der Waals surface area contributed by atoms with Crippen molar-refractivity contribution in [3.05, 3.63) is 19.2 Å². The quantitative estimate of drug-likeness (QED) is 0.717. The van der Waals surface area contributed by atoms with Crippen LogP contribution in [0.2, 0.25) is 5.02 Å². The van der Waals surface area contributed by atoms with E-state index in [-0.39, 0.29) is 6.09 Å². The number of aryl methyl sites for hydroxylation is 1. The molecule has 0 radical (unpaired) electrons. The molecule has 1 amide bonds. The Bertz CT molecular complexity index is 524. The van der Waals surface area contributed by atoms with Crippen LogP contribution in [0.1, 0.15) is 43.6 Å². The Kier molecular flexibility index (Phi) is 4.72. The summed E-state index contributed by atoms with van der Waals surface area (Å²) >= 11 is 11.5. The van der Waals surface area contributed by atoms with Gasteiger partial charge in [-0.2, -0.15) is 0 Å². The van der Waals surface area contributed by atoms with Crippen LogP contribution in [0.5, 0.6) is 0 Å². The van der Waals surface area contributed by atoms with Crippen LogP contribution in [0.4, 0.5) is 4.79 Å². The smallest absolute Gasteiger partial charge is 0.410 e. The van der Waals surface area contributed by atoms with Crippen molar-refractivity contribution in [1.29, 1.82) is 0 Å². The lowest BCUT2D eigenvalue weighted by atomic mass is 10.0. The summed E-state index contributed by atoms with van der Waals surface area (Å²) in [6.45, 7) is 6.27. The molecule has 3 nitrogen and oxygen atoms in total. The number of halogens is 2. The number of carbonyl (C=O) groups excluding carboxylic acids is 1. The van der Waals surface area contributed by atoms with Crippen molar-refractivity contribution in [1.82, 2.24) is 4.90 Å². The molecule has 1 aliphatic rings. The van der Waals surface area contributed by atoms with E-state index in [0.717, 1.165) is 21.7 Å². The second-order valence-electron chi connectivity index (χ2n) is 6.12. The molecule has 1 aromatic heterocycles. The molecule has 1 aromatic rings. The van der Waals surface area contributed by atoms with E-state index >= 15 is 0 Å². The van der Waals surface area contributed by atoms with Gasteiger partial charge in [0.05, 0.1) is 8.81 Å². The van der Waals surface area contributed by atoms with Crippen molar-refractivity contribution in [2.75, 3.05) is 13.6 Å². The van der Waals surface area contributed by atoms with E-state index in [1.807, 2.05) is 20.8 Å². The minimum atomic E-state index is -0.463. The topological polar surface area (TPSA) is 29.5 Å². The van der Waals surface area contributed by atoms with E-state index in [0.29, 0.717) is 12.5 Å². The third-order valence-corrected chi connectivity index (χ3v) is 5.92. The SMILES string of the molecule is CN(C[C@H]1CCc2sc(Br)c(Cl)c21)C(=O)OC(C)(C)C. The Hall–Kier alpha value is -0.260. The van der Waals surface area contributed by atoms with Crippen LogP contribution in [-0.4, -0.2) is 30.2 Å². The Labute approximate surface area is 137 Å². The number of ether oxygens (including phenoxy) is 1. The fraction of sp³-hybridized carbons (Fsp3) is 0.643. The molecule has 1 aliphatic carbocycles. The maximum atomic E-state index is 12.0.